The van der Waals surface area contributed by atoms with Crippen LogP contribution in [0.3, 0.4) is 0 Å². The van der Waals surface area contributed by atoms with Crippen molar-refractivity contribution in [1.82, 2.24) is 14.5 Å². The lowest BCUT2D eigenvalue weighted by molar-refractivity contribution is -0.118. The van der Waals surface area contributed by atoms with Gasteiger partial charge in [-0.3, -0.25) is 4.79 Å². The van der Waals surface area contributed by atoms with Crippen LogP contribution < -0.4 is 14.8 Å². The molecule has 2 aromatic rings. The number of benzene rings is 1. The zero-order valence-electron chi connectivity index (χ0n) is 17.5. The van der Waals surface area contributed by atoms with E-state index in [1.165, 1.54) is 36.0 Å². The van der Waals surface area contributed by atoms with Crippen LogP contribution in [0.15, 0.2) is 29.2 Å². The average molecular weight is 439 g/mol. The fourth-order valence-electron chi connectivity index (χ4n) is 2.34. The molecule has 11 heteroatoms. The number of nitrogens with zero attached hydrogens (tertiary/aromatic N) is 2. The highest BCUT2D eigenvalue weighted by molar-refractivity contribution is 7.89. The number of carbonyl (C=O) groups excluding carboxylic acids is 1. The average Bonchev–Trinajstić information content (AvgIpc) is 3.03. The number of amides is 1. The van der Waals surface area contributed by atoms with Crippen LogP contribution in [0.2, 0.25) is 0 Å². The fraction of sp³-hybridized carbons (Fsp3) is 0.421. The molecule has 1 aromatic heterocycles. The molecule has 0 aliphatic heterocycles. The van der Waals surface area contributed by atoms with Gasteiger partial charge in [0.2, 0.25) is 21.8 Å². The van der Waals surface area contributed by atoms with Crippen molar-refractivity contribution in [3.63, 3.8) is 0 Å². The Bertz CT molecular complexity index is 1050. The van der Waals surface area contributed by atoms with E-state index in [0.717, 1.165) is 0 Å². The van der Waals surface area contributed by atoms with Gasteiger partial charge in [0.1, 0.15) is 10.6 Å². The number of sulfonamides is 1. The van der Waals surface area contributed by atoms with E-state index in [0.29, 0.717) is 12.1 Å². The molecule has 2 rings (SSSR count). The van der Waals surface area contributed by atoms with Gasteiger partial charge in [-0.15, -0.1) is 0 Å². The zero-order chi connectivity index (χ0) is 22.6. The number of aryl methyl sites for hydroxylation is 1. The van der Waals surface area contributed by atoms with E-state index in [1.807, 2.05) is 6.92 Å². The Morgan fingerprint density at radius 3 is 2.43 bits per heavy atom. The first-order valence-electron chi connectivity index (χ1n) is 9.37. The van der Waals surface area contributed by atoms with Crippen LogP contribution in [-0.2, 0) is 21.9 Å². The van der Waals surface area contributed by atoms with Crippen LogP contribution in [0.4, 0.5) is 5.69 Å². The first-order chi connectivity index (χ1) is 13.9. The van der Waals surface area contributed by atoms with E-state index >= 15 is 0 Å². The van der Waals surface area contributed by atoms with Crippen molar-refractivity contribution >= 4 is 27.6 Å². The molecule has 1 atom stereocenters. The molecule has 164 valence electrons. The van der Waals surface area contributed by atoms with Crippen molar-refractivity contribution in [2.45, 2.75) is 45.1 Å². The first kappa shape index (κ1) is 23.4. The number of carboxylic acid groups (broad SMARTS) is 1. The first-order valence-corrected chi connectivity index (χ1v) is 10.8. The molecular weight excluding hydrogens is 412 g/mol. The van der Waals surface area contributed by atoms with Gasteiger partial charge in [0.05, 0.1) is 0 Å². The topological polar surface area (TPSA) is 140 Å². The SMILES string of the molecule is CC[C@@H](C)NS(=O)(=O)c1cc(NC(=O)C(C)C)ccc1Oc1cc(C(=O)O)nn1C. The molecule has 0 aliphatic carbocycles. The van der Waals surface area contributed by atoms with Crippen molar-refractivity contribution in [3.05, 3.63) is 30.0 Å². The van der Waals surface area contributed by atoms with Crippen molar-refractivity contribution in [1.29, 1.82) is 0 Å². The molecule has 10 nitrogen and oxygen atoms in total. The zero-order valence-corrected chi connectivity index (χ0v) is 18.3. The third-order valence-electron chi connectivity index (χ3n) is 4.26. The van der Waals surface area contributed by atoms with E-state index < -0.39 is 16.0 Å². The molecule has 0 aliphatic rings. The lowest BCUT2D eigenvalue weighted by atomic mass is 10.2. The minimum absolute atomic E-state index is 0.0340. The van der Waals surface area contributed by atoms with Gasteiger partial charge < -0.3 is 15.2 Å². The summed E-state index contributed by atoms with van der Waals surface area (Å²) in [6, 6.07) is 5.07. The van der Waals surface area contributed by atoms with Crippen LogP contribution in [0, 0.1) is 5.92 Å². The minimum Gasteiger partial charge on any atom is -0.476 e. The third-order valence-corrected chi connectivity index (χ3v) is 5.88. The fourth-order valence-corrected chi connectivity index (χ4v) is 3.82. The second-order valence-electron chi connectivity index (χ2n) is 7.13. The Labute approximate surface area is 175 Å². The van der Waals surface area contributed by atoms with Crippen LogP contribution in [0.5, 0.6) is 11.6 Å². The van der Waals surface area contributed by atoms with Crippen molar-refractivity contribution in [2.75, 3.05) is 5.32 Å². The third kappa shape index (κ3) is 5.57. The van der Waals surface area contributed by atoms with Gasteiger partial charge in [0, 0.05) is 30.8 Å². The number of hydrogen-bond acceptors (Lipinski definition) is 6. The lowest BCUT2D eigenvalue weighted by Gasteiger charge is -2.17. The Morgan fingerprint density at radius 2 is 1.90 bits per heavy atom. The molecule has 0 saturated carbocycles. The number of rotatable bonds is 9. The van der Waals surface area contributed by atoms with Crippen LogP contribution in [-0.4, -0.2) is 41.2 Å². The molecule has 1 heterocycles. The number of anilines is 1. The van der Waals surface area contributed by atoms with E-state index in [4.69, 9.17) is 9.84 Å². The summed E-state index contributed by atoms with van der Waals surface area (Å²) in [4.78, 5) is 22.9. The Balaban J connectivity index is 2.50. The predicted molar refractivity (Wildman–Crippen MR) is 110 cm³/mol. The standard InChI is InChI=1S/C19H26N4O6S/c1-6-12(4)22-30(27,28)16-9-13(20-18(24)11(2)3)7-8-15(16)29-17-10-14(19(25)26)21-23(17)5/h7-12,22H,6H2,1-5H3,(H,20,24)(H,25,26)/t12-/m1/s1. The van der Waals surface area contributed by atoms with Crippen LogP contribution >= 0.6 is 0 Å². The second-order valence-corrected chi connectivity index (χ2v) is 8.82. The predicted octanol–water partition coefficient (Wildman–Crippen LogP) is 2.58. The summed E-state index contributed by atoms with van der Waals surface area (Å²) in [7, 11) is -2.52. The van der Waals surface area contributed by atoms with Crippen LogP contribution in [0.1, 0.15) is 44.6 Å². The molecule has 0 saturated heterocycles. The highest BCUT2D eigenvalue weighted by Crippen LogP contribution is 2.32. The van der Waals surface area contributed by atoms with Crippen molar-refractivity contribution in [2.24, 2.45) is 13.0 Å². The number of aromatic carboxylic acids is 1. The molecule has 0 bridgehead atoms. The molecular formula is C19H26N4O6S. The van der Waals surface area contributed by atoms with Crippen molar-refractivity contribution < 1.29 is 27.9 Å². The Hall–Kier alpha value is -2.92. The van der Waals surface area contributed by atoms with Gasteiger partial charge in [-0.05, 0) is 31.5 Å². The number of carbonyl (C=O) groups is 2. The van der Waals surface area contributed by atoms with Crippen LogP contribution in [0.25, 0.3) is 0 Å². The molecule has 0 fully saturated rings. The Morgan fingerprint density at radius 1 is 1.23 bits per heavy atom. The summed E-state index contributed by atoms with van der Waals surface area (Å²) < 4.78 is 35.4. The highest BCUT2D eigenvalue weighted by atomic mass is 32.2. The van der Waals surface area contributed by atoms with Crippen molar-refractivity contribution in [3.8, 4) is 11.6 Å². The van der Waals surface area contributed by atoms with Gasteiger partial charge in [-0.2, -0.15) is 5.10 Å². The number of ether oxygens (including phenoxy) is 1. The molecule has 0 unspecified atom stereocenters. The normalized spacial score (nSPS) is 12.6. The lowest BCUT2D eigenvalue weighted by Crippen LogP contribution is -2.32. The molecule has 1 amide bonds. The van der Waals surface area contributed by atoms with E-state index in [2.05, 4.69) is 15.1 Å². The molecule has 1 aromatic carbocycles. The van der Waals surface area contributed by atoms with E-state index in [9.17, 15) is 18.0 Å². The molecule has 0 spiro atoms. The summed E-state index contributed by atoms with van der Waals surface area (Å²) in [5.74, 6) is -1.78. The summed E-state index contributed by atoms with van der Waals surface area (Å²) >= 11 is 0. The maximum absolute atomic E-state index is 13.0. The number of nitrogens with one attached hydrogen (secondary N) is 2. The quantitative estimate of drug-likeness (QED) is 0.547. The van der Waals surface area contributed by atoms with Gasteiger partial charge in [0.25, 0.3) is 0 Å². The van der Waals surface area contributed by atoms with E-state index in [1.54, 1.807) is 20.8 Å². The minimum atomic E-state index is -4.00. The summed E-state index contributed by atoms with van der Waals surface area (Å²) in [5, 5.41) is 15.6. The van der Waals surface area contributed by atoms with E-state index in [-0.39, 0.29) is 40.1 Å². The smallest absolute Gasteiger partial charge is 0.356 e. The highest BCUT2D eigenvalue weighted by Gasteiger charge is 2.24. The Kier molecular flexibility index (Phi) is 7.21. The summed E-state index contributed by atoms with van der Waals surface area (Å²) in [6.07, 6.45) is 0.572. The largest absolute Gasteiger partial charge is 0.476 e. The molecule has 0 radical (unpaired) electrons. The number of aromatic nitrogens is 2. The summed E-state index contributed by atoms with van der Waals surface area (Å²) in [5.41, 5.74) is 0.0530. The number of carboxylic acids is 1. The second kappa shape index (κ2) is 9.26. The van der Waals surface area contributed by atoms with Gasteiger partial charge in [0.15, 0.2) is 5.69 Å². The van der Waals surface area contributed by atoms with Gasteiger partial charge in [-0.1, -0.05) is 20.8 Å². The van der Waals surface area contributed by atoms with Gasteiger partial charge >= 0.3 is 5.97 Å². The monoisotopic (exact) mass is 438 g/mol. The summed E-state index contributed by atoms with van der Waals surface area (Å²) in [6.45, 7) is 7.00. The molecule has 30 heavy (non-hydrogen) atoms. The maximum Gasteiger partial charge on any atom is 0.356 e. The van der Waals surface area contributed by atoms with Gasteiger partial charge in [-0.25, -0.2) is 22.6 Å². The molecule has 3 N–H and O–H groups in total. The maximum atomic E-state index is 13.0. The number of hydrogen-bond donors (Lipinski definition) is 3.